The molecule has 0 unspecified atom stereocenters. The predicted molar refractivity (Wildman–Crippen MR) is 139 cm³/mol. The molecular formula is C28H29ClN2O6. The number of carbonyl (C=O) groups is 2. The SMILES string of the molecule is CCOC(=O)C1=C(C)NC2=C(C(=O)CC(C)(C)C2)[C@@H]1c1ccc(OCc2ccc(Cl)cc2)c([N+](=O)[O-])c1. The molecule has 0 aromatic heterocycles. The molecule has 1 aliphatic heterocycles. The zero-order valence-electron chi connectivity index (χ0n) is 21.2. The van der Waals surface area contributed by atoms with Crippen molar-refractivity contribution in [2.75, 3.05) is 6.61 Å². The Morgan fingerprint density at radius 1 is 1.19 bits per heavy atom. The highest BCUT2D eigenvalue weighted by Gasteiger charge is 2.43. The molecule has 8 nitrogen and oxygen atoms in total. The first-order chi connectivity index (χ1) is 17.5. The lowest BCUT2D eigenvalue weighted by Crippen LogP contribution is -2.38. The topological polar surface area (TPSA) is 108 Å². The van der Waals surface area contributed by atoms with Crippen molar-refractivity contribution in [2.24, 2.45) is 5.41 Å². The number of ketones is 1. The van der Waals surface area contributed by atoms with Gasteiger partial charge < -0.3 is 14.8 Å². The van der Waals surface area contributed by atoms with Crippen LogP contribution in [0.3, 0.4) is 0 Å². The smallest absolute Gasteiger partial charge is 0.336 e. The van der Waals surface area contributed by atoms with Crippen molar-refractivity contribution in [1.82, 2.24) is 5.32 Å². The normalized spacial score (nSPS) is 18.7. The lowest BCUT2D eigenvalue weighted by atomic mass is 9.68. The fourth-order valence-corrected chi connectivity index (χ4v) is 5.10. The van der Waals surface area contributed by atoms with Gasteiger partial charge in [0.05, 0.1) is 17.1 Å². The van der Waals surface area contributed by atoms with Crippen molar-refractivity contribution in [1.29, 1.82) is 0 Å². The summed E-state index contributed by atoms with van der Waals surface area (Å²) in [6, 6.07) is 11.6. The number of carbonyl (C=O) groups excluding carboxylic acids is 2. The maximum absolute atomic E-state index is 13.4. The van der Waals surface area contributed by atoms with Crippen molar-refractivity contribution < 1.29 is 24.0 Å². The molecule has 0 saturated heterocycles. The Labute approximate surface area is 220 Å². The number of ether oxygens (including phenoxy) is 2. The summed E-state index contributed by atoms with van der Waals surface area (Å²) in [5, 5.41) is 15.9. The van der Waals surface area contributed by atoms with Crippen molar-refractivity contribution in [3.63, 3.8) is 0 Å². The Morgan fingerprint density at radius 2 is 1.89 bits per heavy atom. The van der Waals surface area contributed by atoms with Gasteiger partial charge in [0.1, 0.15) is 6.61 Å². The second-order valence-corrected chi connectivity index (χ2v) is 10.5. The summed E-state index contributed by atoms with van der Waals surface area (Å²) < 4.78 is 11.1. The van der Waals surface area contributed by atoms with Crippen LogP contribution in [0.15, 0.2) is 65.0 Å². The van der Waals surface area contributed by atoms with Crippen LogP contribution >= 0.6 is 11.6 Å². The van der Waals surface area contributed by atoms with Gasteiger partial charge in [-0.3, -0.25) is 14.9 Å². The van der Waals surface area contributed by atoms with Crippen LogP contribution < -0.4 is 10.1 Å². The van der Waals surface area contributed by atoms with Crippen LogP contribution in [-0.2, 0) is 20.9 Å². The number of halogens is 1. The fourth-order valence-electron chi connectivity index (χ4n) is 4.97. The van der Waals surface area contributed by atoms with Crippen molar-refractivity contribution in [3.05, 3.63) is 91.3 Å². The Bertz CT molecular complexity index is 1330. The molecule has 0 spiro atoms. The van der Waals surface area contributed by atoms with Crippen LogP contribution in [0.25, 0.3) is 0 Å². The molecule has 4 rings (SSSR count). The van der Waals surface area contributed by atoms with E-state index in [2.05, 4.69) is 5.32 Å². The van der Waals surface area contributed by atoms with E-state index in [0.717, 1.165) is 11.3 Å². The number of hydrogen-bond donors (Lipinski definition) is 1. The van der Waals surface area contributed by atoms with E-state index >= 15 is 0 Å². The van der Waals surface area contributed by atoms with E-state index in [0.29, 0.717) is 34.7 Å². The molecule has 0 saturated carbocycles. The first kappa shape index (κ1) is 26.4. The van der Waals surface area contributed by atoms with Gasteiger partial charge in [0.15, 0.2) is 11.5 Å². The van der Waals surface area contributed by atoms with E-state index < -0.39 is 16.8 Å². The molecule has 2 aromatic carbocycles. The standard InChI is InChI=1S/C28H29ClN2O6/c1-5-36-27(33)24-16(2)30-20-13-28(3,4)14-22(32)26(20)25(24)18-8-11-23(21(12-18)31(34)35)37-15-17-6-9-19(29)10-7-17/h6-12,25,30H,5,13-15H2,1-4H3/t25-/m1/s1. The number of hydrogen-bond acceptors (Lipinski definition) is 7. The number of nitro benzene ring substituents is 1. The highest BCUT2D eigenvalue weighted by molar-refractivity contribution is 6.30. The summed E-state index contributed by atoms with van der Waals surface area (Å²) >= 11 is 5.93. The number of nitro groups is 1. The predicted octanol–water partition coefficient (Wildman–Crippen LogP) is 5.99. The number of Topliss-reactive ketones (excluding diaryl/α,β-unsaturated/α-hetero) is 1. The highest BCUT2D eigenvalue weighted by Crippen LogP contribution is 2.47. The molecule has 2 aliphatic rings. The average Bonchev–Trinajstić information content (AvgIpc) is 2.82. The molecule has 0 radical (unpaired) electrons. The second kappa shape index (κ2) is 10.4. The molecule has 0 fully saturated rings. The Balaban J connectivity index is 1.78. The average molecular weight is 525 g/mol. The molecule has 1 atom stereocenters. The van der Waals surface area contributed by atoms with E-state index in [-0.39, 0.29) is 41.4 Å². The van der Waals surface area contributed by atoms with Gasteiger partial charge in [-0.25, -0.2) is 4.79 Å². The number of nitrogens with one attached hydrogen (secondary N) is 1. The molecule has 9 heteroatoms. The first-order valence-corrected chi connectivity index (χ1v) is 12.4. The molecule has 1 N–H and O–H groups in total. The summed E-state index contributed by atoms with van der Waals surface area (Å²) in [6.45, 7) is 7.77. The Hall–Kier alpha value is -3.65. The van der Waals surface area contributed by atoms with Gasteiger partial charge in [-0.2, -0.15) is 0 Å². The van der Waals surface area contributed by atoms with Crippen molar-refractivity contribution in [2.45, 2.75) is 53.1 Å². The lowest BCUT2D eigenvalue weighted by molar-refractivity contribution is -0.386. The van der Waals surface area contributed by atoms with E-state index in [1.165, 1.54) is 12.1 Å². The summed E-state index contributed by atoms with van der Waals surface area (Å²) in [5.41, 5.74) is 2.79. The molecule has 37 heavy (non-hydrogen) atoms. The number of nitrogens with zero attached hydrogens (tertiary/aromatic N) is 1. The zero-order chi connectivity index (χ0) is 26.9. The van der Waals surface area contributed by atoms with Crippen molar-refractivity contribution in [3.8, 4) is 5.75 Å². The number of rotatable bonds is 7. The van der Waals surface area contributed by atoms with Crippen molar-refractivity contribution >= 4 is 29.0 Å². The van der Waals surface area contributed by atoms with Crippen LogP contribution in [0.2, 0.25) is 5.02 Å². The summed E-state index contributed by atoms with van der Waals surface area (Å²) in [5.74, 6) is -1.36. The largest absolute Gasteiger partial charge is 0.482 e. The van der Waals surface area contributed by atoms with Crippen LogP contribution in [0.5, 0.6) is 5.75 Å². The van der Waals surface area contributed by atoms with Crippen LogP contribution in [-0.4, -0.2) is 23.3 Å². The van der Waals surface area contributed by atoms with Gasteiger partial charge in [-0.1, -0.05) is 43.6 Å². The number of dihydropyridines is 1. The number of esters is 1. The monoisotopic (exact) mass is 524 g/mol. The third-order valence-corrected chi connectivity index (χ3v) is 6.81. The summed E-state index contributed by atoms with van der Waals surface area (Å²) in [7, 11) is 0. The molecule has 1 aliphatic carbocycles. The quantitative estimate of drug-likeness (QED) is 0.269. The van der Waals surface area contributed by atoms with E-state index in [9.17, 15) is 19.7 Å². The third kappa shape index (κ3) is 5.54. The lowest BCUT2D eigenvalue weighted by Gasteiger charge is -2.39. The van der Waals surface area contributed by atoms with E-state index in [1.807, 2.05) is 13.8 Å². The fraction of sp³-hybridized carbons (Fsp3) is 0.357. The first-order valence-electron chi connectivity index (χ1n) is 12.1. The van der Waals surface area contributed by atoms with E-state index in [1.54, 1.807) is 44.2 Å². The van der Waals surface area contributed by atoms with E-state index in [4.69, 9.17) is 21.1 Å². The van der Waals surface area contributed by atoms with Crippen LogP contribution in [0.1, 0.15) is 57.6 Å². The van der Waals surface area contributed by atoms with Gasteiger partial charge in [0, 0.05) is 40.4 Å². The van der Waals surface area contributed by atoms with Gasteiger partial charge in [-0.15, -0.1) is 0 Å². The minimum atomic E-state index is -0.789. The number of allylic oxidation sites excluding steroid dienone is 3. The van der Waals surface area contributed by atoms with Crippen LogP contribution in [0, 0.1) is 15.5 Å². The maximum Gasteiger partial charge on any atom is 0.336 e. The second-order valence-electron chi connectivity index (χ2n) is 10.0. The maximum atomic E-state index is 13.4. The van der Waals surface area contributed by atoms with Gasteiger partial charge in [0.25, 0.3) is 0 Å². The molecule has 194 valence electrons. The molecule has 0 bridgehead atoms. The van der Waals surface area contributed by atoms with Crippen LogP contribution in [0.4, 0.5) is 5.69 Å². The molecule has 2 aromatic rings. The zero-order valence-corrected chi connectivity index (χ0v) is 22.0. The van der Waals surface area contributed by atoms with Gasteiger partial charge in [-0.05, 0) is 55.0 Å². The Kier molecular flexibility index (Phi) is 7.41. The van der Waals surface area contributed by atoms with Gasteiger partial charge in [0.2, 0.25) is 0 Å². The third-order valence-electron chi connectivity index (χ3n) is 6.56. The highest BCUT2D eigenvalue weighted by atomic mass is 35.5. The molecule has 0 amide bonds. The van der Waals surface area contributed by atoms with Gasteiger partial charge >= 0.3 is 11.7 Å². The molecule has 1 heterocycles. The molecular weight excluding hydrogens is 496 g/mol. The Morgan fingerprint density at radius 3 is 2.54 bits per heavy atom. The number of benzene rings is 2. The minimum absolute atomic E-state index is 0.0846. The minimum Gasteiger partial charge on any atom is -0.482 e. The summed E-state index contributed by atoms with van der Waals surface area (Å²) in [4.78, 5) is 38.0. The summed E-state index contributed by atoms with van der Waals surface area (Å²) in [6.07, 6.45) is 0.923.